The summed E-state index contributed by atoms with van der Waals surface area (Å²) in [7, 11) is 0. The molecule has 0 aromatic carbocycles. The van der Waals surface area contributed by atoms with Gasteiger partial charge in [-0.25, -0.2) is 0 Å². The number of hydrogen-bond donors (Lipinski definition) is 1. The molecule has 0 amide bonds. The summed E-state index contributed by atoms with van der Waals surface area (Å²) >= 11 is 1.73. The van der Waals surface area contributed by atoms with E-state index in [1.165, 1.54) is 4.88 Å². The third-order valence-electron chi connectivity index (χ3n) is 2.98. The summed E-state index contributed by atoms with van der Waals surface area (Å²) in [6.45, 7) is 4.91. The van der Waals surface area contributed by atoms with E-state index in [1.807, 2.05) is 18.2 Å². The van der Waals surface area contributed by atoms with Crippen LogP contribution in [0.2, 0.25) is 0 Å². The second-order valence-corrected chi connectivity index (χ2v) is 5.42. The molecule has 1 N–H and O–H groups in total. The van der Waals surface area contributed by atoms with Crippen LogP contribution in [0.1, 0.15) is 29.5 Å². The van der Waals surface area contributed by atoms with Crippen molar-refractivity contribution in [1.82, 2.24) is 4.90 Å². The van der Waals surface area contributed by atoms with Gasteiger partial charge in [0, 0.05) is 23.4 Å². The summed E-state index contributed by atoms with van der Waals surface area (Å²) < 4.78 is 5.40. The molecule has 0 atom stereocenters. The van der Waals surface area contributed by atoms with Crippen molar-refractivity contribution in [2.45, 2.75) is 26.4 Å². The number of rotatable bonds is 6. The lowest BCUT2D eigenvalue weighted by Gasteiger charge is -2.18. The molecule has 0 spiro atoms. The zero-order valence-corrected chi connectivity index (χ0v) is 12.4. The van der Waals surface area contributed by atoms with Crippen molar-refractivity contribution < 1.29 is 9.52 Å². The lowest BCUT2D eigenvalue weighted by atomic mass is 10.2. The van der Waals surface area contributed by atoms with Gasteiger partial charge in [0.15, 0.2) is 0 Å². The molecule has 106 valence electrons. The summed E-state index contributed by atoms with van der Waals surface area (Å²) in [5.74, 6) is 7.10. The molecule has 0 unspecified atom stereocenters. The maximum absolute atomic E-state index is 8.77. The van der Waals surface area contributed by atoms with Crippen molar-refractivity contribution >= 4 is 11.3 Å². The Kier molecular flexibility index (Phi) is 5.87. The second kappa shape index (κ2) is 7.91. The molecule has 0 aliphatic rings. The van der Waals surface area contributed by atoms with Gasteiger partial charge in [-0.05, 0) is 30.1 Å². The largest absolute Gasteiger partial charge is 0.468 e. The molecule has 3 nitrogen and oxygen atoms in total. The molecular formula is C16H19NO2S. The third-order valence-corrected chi connectivity index (χ3v) is 3.88. The quantitative estimate of drug-likeness (QED) is 0.830. The predicted molar refractivity (Wildman–Crippen MR) is 81.4 cm³/mol. The molecule has 2 rings (SSSR count). The molecule has 20 heavy (non-hydrogen) atoms. The van der Waals surface area contributed by atoms with Crippen LogP contribution >= 0.6 is 11.3 Å². The average Bonchev–Trinajstić information content (AvgIpc) is 3.10. The van der Waals surface area contributed by atoms with E-state index in [2.05, 4.69) is 29.0 Å². The van der Waals surface area contributed by atoms with Crippen LogP contribution in [-0.4, -0.2) is 23.2 Å². The highest BCUT2D eigenvalue weighted by atomic mass is 32.1. The summed E-state index contributed by atoms with van der Waals surface area (Å²) in [6.07, 6.45) is 2.24. The highest BCUT2D eigenvalue weighted by molar-refractivity contribution is 7.10. The van der Waals surface area contributed by atoms with Crippen molar-refractivity contribution in [2.75, 3.05) is 13.2 Å². The number of nitrogens with zero attached hydrogens (tertiary/aromatic N) is 1. The smallest absolute Gasteiger partial charge is 0.117 e. The summed E-state index contributed by atoms with van der Waals surface area (Å²) in [5, 5.41) is 10.8. The zero-order chi connectivity index (χ0) is 14.2. The second-order valence-electron chi connectivity index (χ2n) is 4.42. The molecule has 4 heteroatoms. The maximum atomic E-state index is 8.77. The summed E-state index contributed by atoms with van der Waals surface area (Å²) in [6, 6.07) is 5.96. The van der Waals surface area contributed by atoms with Crippen molar-refractivity contribution in [2.24, 2.45) is 0 Å². The number of aliphatic hydroxyl groups excluding tert-OH is 1. The van der Waals surface area contributed by atoms with E-state index in [-0.39, 0.29) is 6.61 Å². The van der Waals surface area contributed by atoms with Crippen molar-refractivity contribution in [3.63, 3.8) is 0 Å². The first-order chi connectivity index (χ1) is 9.83. The standard InChI is InChI=1S/C16H19NO2S/c1-2-17(12-15-7-5-10-19-15)13-16-14(8-11-20-16)6-3-4-9-18/h5,7-8,10-11,18H,2,4,9,12-13H2,1H3. The third kappa shape index (κ3) is 4.24. The van der Waals surface area contributed by atoms with E-state index in [1.54, 1.807) is 17.6 Å². The van der Waals surface area contributed by atoms with Gasteiger partial charge in [-0.3, -0.25) is 4.90 Å². The summed E-state index contributed by atoms with van der Waals surface area (Å²) in [5.41, 5.74) is 1.07. The highest BCUT2D eigenvalue weighted by Gasteiger charge is 2.10. The number of thiophene rings is 1. The lowest BCUT2D eigenvalue weighted by molar-refractivity contribution is 0.249. The molecular weight excluding hydrogens is 270 g/mol. The average molecular weight is 289 g/mol. The molecule has 0 aliphatic carbocycles. The van der Waals surface area contributed by atoms with Gasteiger partial charge in [-0.1, -0.05) is 18.8 Å². The van der Waals surface area contributed by atoms with E-state index in [0.29, 0.717) is 6.42 Å². The fourth-order valence-electron chi connectivity index (χ4n) is 1.89. The molecule has 2 heterocycles. The van der Waals surface area contributed by atoms with Gasteiger partial charge in [0.1, 0.15) is 5.76 Å². The fourth-order valence-corrected chi connectivity index (χ4v) is 2.77. The lowest BCUT2D eigenvalue weighted by Crippen LogP contribution is -2.21. The highest BCUT2D eigenvalue weighted by Crippen LogP contribution is 2.19. The number of furan rings is 1. The zero-order valence-electron chi connectivity index (χ0n) is 11.6. The fraction of sp³-hybridized carbons (Fsp3) is 0.375. The molecule has 2 aromatic heterocycles. The molecule has 0 aliphatic heterocycles. The molecule has 0 saturated carbocycles. The Balaban J connectivity index is 2.01. The van der Waals surface area contributed by atoms with Crippen LogP contribution in [0.25, 0.3) is 0 Å². The molecule has 2 aromatic rings. The Bertz CT molecular complexity index is 563. The monoisotopic (exact) mass is 289 g/mol. The van der Waals surface area contributed by atoms with Gasteiger partial charge in [0.2, 0.25) is 0 Å². The Morgan fingerprint density at radius 2 is 2.25 bits per heavy atom. The van der Waals surface area contributed by atoms with Crippen LogP contribution in [0.5, 0.6) is 0 Å². The van der Waals surface area contributed by atoms with Gasteiger partial charge in [0.25, 0.3) is 0 Å². The van der Waals surface area contributed by atoms with E-state index in [0.717, 1.165) is 31.0 Å². The van der Waals surface area contributed by atoms with Gasteiger partial charge >= 0.3 is 0 Å². The Labute approximate surface area is 123 Å². The van der Waals surface area contributed by atoms with Crippen LogP contribution in [0.15, 0.2) is 34.3 Å². The van der Waals surface area contributed by atoms with E-state index in [9.17, 15) is 0 Å². The topological polar surface area (TPSA) is 36.6 Å². The number of hydrogen-bond acceptors (Lipinski definition) is 4. The maximum Gasteiger partial charge on any atom is 0.117 e. The molecule has 0 radical (unpaired) electrons. The van der Waals surface area contributed by atoms with Crippen LogP contribution in [0.4, 0.5) is 0 Å². The van der Waals surface area contributed by atoms with Crippen LogP contribution in [0.3, 0.4) is 0 Å². The molecule has 0 bridgehead atoms. The first kappa shape index (κ1) is 14.9. The van der Waals surface area contributed by atoms with Crippen molar-refractivity contribution in [3.8, 4) is 11.8 Å². The molecule has 0 fully saturated rings. The molecule has 0 saturated heterocycles. The summed E-state index contributed by atoms with van der Waals surface area (Å²) in [4.78, 5) is 3.59. The van der Waals surface area contributed by atoms with Crippen LogP contribution < -0.4 is 0 Å². The Morgan fingerprint density at radius 1 is 1.35 bits per heavy atom. The normalized spacial score (nSPS) is 10.6. The first-order valence-corrected chi connectivity index (χ1v) is 7.62. The predicted octanol–water partition coefficient (Wildman–Crippen LogP) is 3.10. The van der Waals surface area contributed by atoms with Crippen LogP contribution in [-0.2, 0) is 13.1 Å². The minimum Gasteiger partial charge on any atom is -0.468 e. The Morgan fingerprint density at radius 3 is 2.95 bits per heavy atom. The Hall–Kier alpha value is -1.54. The number of aliphatic hydroxyl groups is 1. The first-order valence-electron chi connectivity index (χ1n) is 6.74. The van der Waals surface area contributed by atoms with Gasteiger partial charge < -0.3 is 9.52 Å². The van der Waals surface area contributed by atoms with Gasteiger partial charge in [0.05, 0.1) is 19.4 Å². The SMILES string of the molecule is CCN(Cc1ccco1)Cc1sccc1C#CCCO. The van der Waals surface area contributed by atoms with Gasteiger partial charge in [-0.2, -0.15) is 0 Å². The van der Waals surface area contributed by atoms with E-state index >= 15 is 0 Å². The van der Waals surface area contributed by atoms with Gasteiger partial charge in [-0.15, -0.1) is 11.3 Å². The van der Waals surface area contributed by atoms with Crippen molar-refractivity contribution in [1.29, 1.82) is 0 Å². The minimum atomic E-state index is 0.117. The van der Waals surface area contributed by atoms with Crippen LogP contribution in [0, 0.1) is 11.8 Å². The van der Waals surface area contributed by atoms with E-state index in [4.69, 9.17) is 9.52 Å². The van der Waals surface area contributed by atoms with E-state index < -0.39 is 0 Å². The minimum absolute atomic E-state index is 0.117. The van der Waals surface area contributed by atoms with Crippen molar-refractivity contribution in [3.05, 3.63) is 46.0 Å².